The van der Waals surface area contributed by atoms with Crippen molar-refractivity contribution in [1.29, 1.82) is 0 Å². The van der Waals surface area contributed by atoms with Crippen LogP contribution in [0.2, 0.25) is 0 Å². The first-order valence-corrected chi connectivity index (χ1v) is 9.84. The van der Waals surface area contributed by atoms with Crippen molar-refractivity contribution < 1.29 is 14.3 Å². The molecule has 7 nitrogen and oxygen atoms in total. The molecule has 144 valence electrons. The Morgan fingerprint density at radius 2 is 1.93 bits per heavy atom. The Labute approximate surface area is 170 Å². The summed E-state index contributed by atoms with van der Waals surface area (Å²) in [6, 6.07) is 14.7. The SMILES string of the molecule is Cc1csc(-c2[nH]c(NC(=O)c3ccccc3)nc2-c2ccc3c(c2)OCO3)n1. The number of nitrogens with zero attached hydrogens (tertiary/aromatic N) is 2. The van der Waals surface area contributed by atoms with Crippen molar-refractivity contribution in [3.63, 3.8) is 0 Å². The van der Waals surface area contributed by atoms with Crippen LogP contribution in [-0.2, 0) is 0 Å². The molecule has 1 amide bonds. The zero-order chi connectivity index (χ0) is 19.8. The van der Waals surface area contributed by atoms with E-state index in [4.69, 9.17) is 9.47 Å². The van der Waals surface area contributed by atoms with Gasteiger partial charge in [0.25, 0.3) is 5.91 Å². The number of benzene rings is 2. The second kappa shape index (κ2) is 7.06. The molecule has 0 spiro atoms. The van der Waals surface area contributed by atoms with Crippen LogP contribution in [-0.4, -0.2) is 27.7 Å². The number of fused-ring (bicyclic) bond motifs is 1. The van der Waals surface area contributed by atoms with E-state index in [1.807, 2.05) is 48.7 Å². The lowest BCUT2D eigenvalue weighted by Crippen LogP contribution is -2.12. The predicted molar refractivity (Wildman–Crippen MR) is 110 cm³/mol. The molecule has 3 heterocycles. The summed E-state index contributed by atoms with van der Waals surface area (Å²) >= 11 is 1.51. The Morgan fingerprint density at radius 1 is 1.10 bits per heavy atom. The molecule has 1 aliphatic rings. The van der Waals surface area contributed by atoms with Crippen LogP contribution < -0.4 is 14.8 Å². The molecule has 29 heavy (non-hydrogen) atoms. The van der Waals surface area contributed by atoms with Crippen LogP contribution in [0.15, 0.2) is 53.9 Å². The van der Waals surface area contributed by atoms with Gasteiger partial charge in [-0.3, -0.25) is 10.1 Å². The molecule has 2 N–H and O–H groups in total. The highest BCUT2D eigenvalue weighted by atomic mass is 32.1. The summed E-state index contributed by atoms with van der Waals surface area (Å²) < 4.78 is 10.9. The smallest absolute Gasteiger partial charge is 0.257 e. The molecular weight excluding hydrogens is 388 g/mol. The highest BCUT2D eigenvalue weighted by Gasteiger charge is 2.21. The Hall–Kier alpha value is -3.65. The number of ether oxygens (including phenoxy) is 2. The summed E-state index contributed by atoms with van der Waals surface area (Å²) in [4.78, 5) is 25.0. The zero-order valence-corrected chi connectivity index (χ0v) is 16.2. The van der Waals surface area contributed by atoms with Gasteiger partial charge < -0.3 is 14.5 Å². The average Bonchev–Trinajstić information content (AvgIpc) is 3.47. The molecule has 0 radical (unpaired) electrons. The fourth-order valence-electron chi connectivity index (χ4n) is 3.08. The first kappa shape index (κ1) is 17.4. The van der Waals surface area contributed by atoms with Gasteiger partial charge in [-0.15, -0.1) is 11.3 Å². The van der Waals surface area contributed by atoms with E-state index in [-0.39, 0.29) is 12.7 Å². The number of imidazole rings is 1. The zero-order valence-electron chi connectivity index (χ0n) is 15.4. The number of carbonyl (C=O) groups excluding carboxylic acids is 1. The molecule has 2 aromatic heterocycles. The van der Waals surface area contributed by atoms with E-state index in [1.54, 1.807) is 12.1 Å². The topological polar surface area (TPSA) is 89.1 Å². The number of aromatic amines is 1. The first-order valence-electron chi connectivity index (χ1n) is 8.96. The van der Waals surface area contributed by atoms with Crippen LogP contribution in [0.5, 0.6) is 11.5 Å². The van der Waals surface area contributed by atoms with Crippen molar-refractivity contribution in [1.82, 2.24) is 15.0 Å². The van der Waals surface area contributed by atoms with Gasteiger partial charge in [-0.2, -0.15) is 0 Å². The van der Waals surface area contributed by atoms with E-state index in [1.165, 1.54) is 11.3 Å². The van der Waals surface area contributed by atoms with E-state index in [0.29, 0.717) is 28.7 Å². The number of aromatic nitrogens is 3. The Kier molecular flexibility index (Phi) is 4.25. The standard InChI is InChI=1S/C21H16N4O3S/c1-12-10-29-20(22-12)18-17(14-7-8-15-16(9-14)28-11-27-15)23-21(24-18)25-19(26)13-5-3-2-4-6-13/h2-10H,11H2,1H3,(H2,23,24,25,26). The van der Waals surface area contributed by atoms with Crippen molar-refractivity contribution in [3.05, 3.63) is 65.2 Å². The van der Waals surface area contributed by atoms with Gasteiger partial charge in [0.2, 0.25) is 12.7 Å². The number of hydrogen-bond donors (Lipinski definition) is 2. The number of hydrogen-bond acceptors (Lipinski definition) is 6. The highest BCUT2D eigenvalue weighted by Crippen LogP contribution is 2.39. The molecule has 4 aromatic rings. The van der Waals surface area contributed by atoms with Gasteiger partial charge in [-0.25, -0.2) is 9.97 Å². The Balaban J connectivity index is 1.55. The summed E-state index contributed by atoms with van der Waals surface area (Å²) in [5.41, 5.74) is 3.74. The van der Waals surface area contributed by atoms with Crippen molar-refractivity contribution >= 4 is 23.2 Å². The minimum absolute atomic E-state index is 0.205. The number of thiazole rings is 1. The van der Waals surface area contributed by atoms with Gasteiger partial charge >= 0.3 is 0 Å². The largest absolute Gasteiger partial charge is 0.454 e. The molecule has 0 saturated heterocycles. The fraction of sp³-hybridized carbons (Fsp3) is 0.0952. The maximum Gasteiger partial charge on any atom is 0.257 e. The minimum atomic E-state index is -0.238. The average molecular weight is 404 g/mol. The van der Waals surface area contributed by atoms with Gasteiger partial charge in [-0.1, -0.05) is 18.2 Å². The van der Waals surface area contributed by atoms with Crippen LogP contribution in [0.4, 0.5) is 5.95 Å². The molecule has 0 aliphatic carbocycles. The molecular formula is C21H16N4O3S. The fourth-order valence-corrected chi connectivity index (χ4v) is 3.88. The number of carbonyl (C=O) groups is 1. The van der Waals surface area contributed by atoms with Crippen LogP contribution in [0.3, 0.4) is 0 Å². The molecule has 2 aromatic carbocycles. The molecule has 5 rings (SSSR count). The van der Waals surface area contributed by atoms with Gasteiger partial charge in [0.15, 0.2) is 11.5 Å². The second-order valence-electron chi connectivity index (χ2n) is 6.49. The van der Waals surface area contributed by atoms with E-state index in [2.05, 4.69) is 20.3 Å². The Bertz CT molecular complexity index is 1200. The van der Waals surface area contributed by atoms with Crippen LogP contribution in [0.1, 0.15) is 16.1 Å². The molecule has 0 bridgehead atoms. The van der Waals surface area contributed by atoms with Gasteiger partial charge in [0, 0.05) is 22.2 Å². The number of amides is 1. The summed E-state index contributed by atoms with van der Waals surface area (Å²) in [6.45, 7) is 2.14. The molecule has 0 unspecified atom stereocenters. The maximum atomic E-state index is 12.5. The lowest BCUT2D eigenvalue weighted by atomic mass is 10.1. The maximum absolute atomic E-state index is 12.5. The van der Waals surface area contributed by atoms with Crippen molar-refractivity contribution in [3.8, 4) is 33.5 Å². The summed E-state index contributed by atoms with van der Waals surface area (Å²) in [5.74, 6) is 1.49. The quantitative estimate of drug-likeness (QED) is 0.523. The van der Waals surface area contributed by atoms with Gasteiger partial charge in [0.05, 0.1) is 0 Å². The summed E-state index contributed by atoms with van der Waals surface area (Å²) in [5, 5.41) is 5.60. The van der Waals surface area contributed by atoms with Gasteiger partial charge in [0.1, 0.15) is 16.4 Å². The third-order valence-corrected chi connectivity index (χ3v) is 5.43. The van der Waals surface area contributed by atoms with Crippen molar-refractivity contribution in [2.24, 2.45) is 0 Å². The normalized spacial score (nSPS) is 12.2. The van der Waals surface area contributed by atoms with Crippen molar-refractivity contribution in [2.45, 2.75) is 6.92 Å². The third-order valence-electron chi connectivity index (χ3n) is 4.45. The lowest BCUT2D eigenvalue weighted by molar-refractivity contribution is 0.102. The van der Waals surface area contributed by atoms with Crippen LogP contribution >= 0.6 is 11.3 Å². The number of nitrogens with one attached hydrogen (secondary N) is 2. The molecule has 0 saturated carbocycles. The van der Waals surface area contributed by atoms with E-state index < -0.39 is 0 Å². The third kappa shape index (κ3) is 3.34. The lowest BCUT2D eigenvalue weighted by Gasteiger charge is -2.02. The number of aryl methyl sites for hydroxylation is 1. The number of rotatable bonds is 4. The minimum Gasteiger partial charge on any atom is -0.454 e. The summed E-state index contributed by atoms with van der Waals surface area (Å²) in [7, 11) is 0. The van der Waals surface area contributed by atoms with Crippen molar-refractivity contribution in [2.75, 3.05) is 12.1 Å². The van der Waals surface area contributed by atoms with E-state index in [0.717, 1.165) is 22.0 Å². The summed E-state index contributed by atoms with van der Waals surface area (Å²) in [6.07, 6.45) is 0. The van der Waals surface area contributed by atoms with E-state index >= 15 is 0 Å². The molecule has 8 heteroatoms. The van der Waals surface area contributed by atoms with Crippen LogP contribution in [0.25, 0.3) is 22.0 Å². The highest BCUT2D eigenvalue weighted by molar-refractivity contribution is 7.13. The van der Waals surface area contributed by atoms with Crippen LogP contribution in [0, 0.1) is 6.92 Å². The number of H-pyrrole nitrogens is 1. The molecule has 0 fully saturated rings. The molecule has 0 atom stereocenters. The van der Waals surface area contributed by atoms with E-state index in [9.17, 15) is 4.79 Å². The molecule has 1 aliphatic heterocycles. The monoisotopic (exact) mass is 404 g/mol. The van der Waals surface area contributed by atoms with Gasteiger partial charge in [-0.05, 0) is 37.3 Å². The second-order valence-corrected chi connectivity index (χ2v) is 7.35. The Morgan fingerprint density at radius 3 is 2.72 bits per heavy atom. The predicted octanol–water partition coefficient (Wildman–Crippen LogP) is 4.49. The first-order chi connectivity index (χ1) is 14.2. The number of anilines is 1.